The summed E-state index contributed by atoms with van der Waals surface area (Å²) in [5.74, 6) is -2.63. The molecule has 2 heterocycles. The Hall–Kier alpha value is -4.29. The van der Waals surface area contributed by atoms with Gasteiger partial charge in [0.05, 0.1) is 26.6 Å². The van der Waals surface area contributed by atoms with Crippen molar-refractivity contribution in [2.24, 2.45) is 0 Å². The van der Waals surface area contributed by atoms with E-state index < -0.39 is 22.8 Å². The average molecular weight is 496 g/mol. The molecular formula is C22H12N2O8S2. The molecule has 2 aromatic carbocycles. The molecule has 1 aliphatic heterocycles. The van der Waals surface area contributed by atoms with E-state index in [9.17, 15) is 34.7 Å². The molecule has 4 rings (SSSR count). The van der Waals surface area contributed by atoms with Crippen LogP contribution in [-0.4, -0.2) is 37.3 Å². The Morgan fingerprint density at radius 3 is 2.35 bits per heavy atom. The van der Waals surface area contributed by atoms with Crippen LogP contribution in [0, 0.1) is 10.1 Å². The Morgan fingerprint density at radius 2 is 1.74 bits per heavy atom. The number of nitro benzene ring substituents is 1. The van der Waals surface area contributed by atoms with Gasteiger partial charge in [-0.15, -0.1) is 0 Å². The standard InChI is InChI=1S/C22H12N2O8S2/c25-19-18(34-22(33)23(19)14-2-1-3-15(9-14)24(30)31)10-16-4-5-17(32-16)11-6-12(20(26)27)8-13(7-11)21(28)29/h1-10H,(H,26,27)(H,28,29)/b18-10-. The van der Waals surface area contributed by atoms with Gasteiger partial charge in [0, 0.05) is 23.8 Å². The number of amides is 1. The van der Waals surface area contributed by atoms with Gasteiger partial charge in [0.15, 0.2) is 4.32 Å². The molecule has 0 aliphatic carbocycles. The fourth-order valence-corrected chi connectivity index (χ4v) is 4.45. The van der Waals surface area contributed by atoms with Gasteiger partial charge in [0.2, 0.25) is 0 Å². The van der Waals surface area contributed by atoms with Crippen LogP contribution in [0.25, 0.3) is 17.4 Å². The minimum atomic E-state index is -1.29. The molecule has 0 unspecified atom stereocenters. The van der Waals surface area contributed by atoms with Crippen LogP contribution >= 0.6 is 24.0 Å². The van der Waals surface area contributed by atoms with E-state index >= 15 is 0 Å². The number of benzene rings is 2. The summed E-state index contributed by atoms with van der Waals surface area (Å²) in [6.45, 7) is 0. The second-order valence-corrected chi connectivity index (χ2v) is 8.58. The van der Waals surface area contributed by atoms with Gasteiger partial charge in [0.25, 0.3) is 11.6 Å². The zero-order valence-electron chi connectivity index (χ0n) is 16.8. The van der Waals surface area contributed by atoms with Crippen molar-refractivity contribution in [3.05, 3.63) is 86.5 Å². The predicted molar refractivity (Wildman–Crippen MR) is 127 cm³/mol. The van der Waals surface area contributed by atoms with Gasteiger partial charge in [-0.3, -0.25) is 19.8 Å². The van der Waals surface area contributed by atoms with Gasteiger partial charge >= 0.3 is 11.9 Å². The molecule has 1 fully saturated rings. The number of carbonyl (C=O) groups is 3. The molecule has 170 valence electrons. The number of hydrogen-bond donors (Lipinski definition) is 2. The van der Waals surface area contributed by atoms with Crippen molar-refractivity contribution < 1.29 is 33.9 Å². The second kappa shape index (κ2) is 8.92. The van der Waals surface area contributed by atoms with Gasteiger partial charge in [-0.25, -0.2) is 9.59 Å². The van der Waals surface area contributed by atoms with Crippen LogP contribution < -0.4 is 4.90 Å². The minimum Gasteiger partial charge on any atom is -0.478 e. The summed E-state index contributed by atoms with van der Waals surface area (Å²) in [6, 6.07) is 12.2. The number of rotatable bonds is 6. The number of nitro groups is 1. The van der Waals surface area contributed by atoms with E-state index in [4.69, 9.17) is 16.6 Å². The summed E-state index contributed by atoms with van der Waals surface area (Å²) in [7, 11) is 0. The molecule has 0 spiro atoms. The SMILES string of the molecule is O=C(O)c1cc(C(=O)O)cc(-c2ccc(/C=C3\SC(=S)N(c4cccc([N+](=O)[O-])c4)C3=O)o2)c1. The lowest BCUT2D eigenvalue weighted by molar-refractivity contribution is -0.384. The molecular weight excluding hydrogens is 484 g/mol. The summed E-state index contributed by atoms with van der Waals surface area (Å²) >= 11 is 6.26. The number of carbonyl (C=O) groups excluding carboxylic acids is 1. The van der Waals surface area contributed by atoms with Crippen molar-refractivity contribution >= 4 is 63.6 Å². The first kappa shape index (κ1) is 22.9. The molecule has 1 aliphatic rings. The number of furan rings is 1. The summed E-state index contributed by atoms with van der Waals surface area (Å²) in [4.78, 5) is 47.5. The Labute approximate surface area is 200 Å². The number of aromatic carboxylic acids is 2. The number of nitrogens with zero attached hydrogens (tertiary/aromatic N) is 2. The van der Waals surface area contributed by atoms with Gasteiger partial charge < -0.3 is 14.6 Å². The largest absolute Gasteiger partial charge is 0.478 e. The summed E-state index contributed by atoms with van der Waals surface area (Å²) in [5.41, 5.74) is -0.125. The fourth-order valence-electron chi connectivity index (χ4n) is 3.17. The molecule has 0 radical (unpaired) electrons. The van der Waals surface area contributed by atoms with Crippen molar-refractivity contribution in [3.63, 3.8) is 0 Å². The number of thioether (sulfide) groups is 1. The number of thiocarbonyl (C=S) groups is 1. The summed E-state index contributed by atoms with van der Waals surface area (Å²) < 4.78 is 5.88. The highest BCUT2D eigenvalue weighted by Gasteiger charge is 2.34. The average Bonchev–Trinajstić information content (AvgIpc) is 3.37. The molecule has 1 saturated heterocycles. The van der Waals surface area contributed by atoms with Crippen LogP contribution in [0.1, 0.15) is 26.5 Å². The van der Waals surface area contributed by atoms with E-state index in [-0.39, 0.29) is 48.8 Å². The number of hydrogen-bond acceptors (Lipinski definition) is 8. The zero-order valence-corrected chi connectivity index (χ0v) is 18.5. The molecule has 0 atom stereocenters. The highest BCUT2D eigenvalue weighted by Crippen LogP contribution is 2.37. The Balaban J connectivity index is 1.64. The topological polar surface area (TPSA) is 151 Å². The Kier molecular flexibility index (Phi) is 6.01. The first-order chi connectivity index (χ1) is 16.1. The molecule has 1 amide bonds. The molecule has 1 aromatic heterocycles. The van der Waals surface area contributed by atoms with E-state index in [2.05, 4.69) is 0 Å². The van der Waals surface area contributed by atoms with E-state index in [1.165, 1.54) is 59.5 Å². The Bertz CT molecular complexity index is 1390. The Morgan fingerprint density at radius 1 is 1.06 bits per heavy atom. The minimum absolute atomic E-state index is 0.184. The first-order valence-corrected chi connectivity index (χ1v) is 10.6. The maximum absolute atomic E-state index is 12.9. The quantitative estimate of drug-likeness (QED) is 0.213. The number of carboxylic acids is 2. The predicted octanol–water partition coefficient (Wildman–Crippen LogP) is 4.66. The van der Waals surface area contributed by atoms with Crippen LogP contribution in [0.3, 0.4) is 0 Å². The third kappa shape index (κ3) is 4.44. The monoisotopic (exact) mass is 496 g/mol. The smallest absolute Gasteiger partial charge is 0.335 e. The molecule has 12 heteroatoms. The van der Waals surface area contributed by atoms with Crippen molar-refractivity contribution in [2.45, 2.75) is 0 Å². The lowest BCUT2D eigenvalue weighted by Gasteiger charge is -2.13. The van der Waals surface area contributed by atoms with Crippen LogP contribution in [0.5, 0.6) is 0 Å². The molecule has 3 aromatic rings. The van der Waals surface area contributed by atoms with E-state index in [0.29, 0.717) is 0 Å². The second-order valence-electron chi connectivity index (χ2n) is 6.91. The van der Waals surface area contributed by atoms with Crippen molar-refractivity contribution in [2.75, 3.05) is 4.90 Å². The maximum atomic E-state index is 12.9. The van der Waals surface area contributed by atoms with E-state index in [0.717, 1.165) is 17.8 Å². The number of carboxylic acid groups (broad SMARTS) is 2. The molecule has 0 saturated carbocycles. The van der Waals surface area contributed by atoms with Gasteiger partial charge in [-0.1, -0.05) is 30.0 Å². The molecule has 34 heavy (non-hydrogen) atoms. The van der Waals surface area contributed by atoms with Gasteiger partial charge in [0.1, 0.15) is 11.5 Å². The number of anilines is 1. The van der Waals surface area contributed by atoms with Crippen molar-refractivity contribution in [3.8, 4) is 11.3 Å². The van der Waals surface area contributed by atoms with Crippen LogP contribution in [0.4, 0.5) is 11.4 Å². The van der Waals surface area contributed by atoms with E-state index in [1.807, 2.05) is 0 Å². The zero-order chi connectivity index (χ0) is 24.6. The summed E-state index contributed by atoms with van der Waals surface area (Å²) in [6.07, 6.45) is 1.43. The molecule has 10 nitrogen and oxygen atoms in total. The summed E-state index contributed by atoms with van der Waals surface area (Å²) in [5, 5.41) is 29.5. The lowest BCUT2D eigenvalue weighted by Crippen LogP contribution is -2.27. The van der Waals surface area contributed by atoms with Gasteiger partial charge in [-0.2, -0.15) is 0 Å². The van der Waals surface area contributed by atoms with Crippen molar-refractivity contribution in [1.29, 1.82) is 0 Å². The van der Waals surface area contributed by atoms with Crippen LogP contribution in [-0.2, 0) is 4.79 Å². The highest BCUT2D eigenvalue weighted by atomic mass is 32.2. The third-order valence-corrected chi connectivity index (χ3v) is 6.01. The molecule has 0 bridgehead atoms. The highest BCUT2D eigenvalue weighted by molar-refractivity contribution is 8.27. The third-order valence-electron chi connectivity index (χ3n) is 4.70. The van der Waals surface area contributed by atoms with Crippen LogP contribution in [0.15, 0.2) is 63.9 Å². The fraction of sp³-hybridized carbons (Fsp3) is 0. The maximum Gasteiger partial charge on any atom is 0.335 e. The lowest BCUT2D eigenvalue weighted by atomic mass is 10.0. The first-order valence-electron chi connectivity index (χ1n) is 9.38. The number of non-ortho nitro benzene ring substituents is 1. The van der Waals surface area contributed by atoms with E-state index in [1.54, 1.807) is 0 Å². The van der Waals surface area contributed by atoms with Crippen LogP contribution in [0.2, 0.25) is 0 Å². The molecule has 2 N–H and O–H groups in total. The van der Waals surface area contributed by atoms with Gasteiger partial charge in [-0.05, 0) is 36.4 Å². The normalized spacial score (nSPS) is 14.6. The van der Waals surface area contributed by atoms with Crippen molar-refractivity contribution in [1.82, 2.24) is 0 Å².